The molecule has 3 aliphatic rings. The van der Waals surface area contributed by atoms with Gasteiger partial charge in [-0.3, -0.25) is 14.4 Å². The molecule has 0 radical (unpaired) electrons. The molecule has 46 heavy (non-hydrogen) atoms. The summed E-state index contributed by atoms with van der Waals surface area (Å²) in [6, 6.07) is 0. The Kier molecular flexibility index (Phi) is 7.88. The van der Waals surface area contributed by atoms with E-state index in [1.807, 2.05) is 32.1 Å². The number of allylic oxidation sites excluding steroid dienone is 2. The van der Waals surface area contributed by atoms with Gasteiger partial charge in [-0.2, -0.15) is 0 Å². The molecule has 5 N–H and O–H groups in total. The van der Waals surface area contributed by atoms with Crippen LogP contribution in [0.5, 0.6) is 0 Å². The Bertz CT molecular complexity index is 2030. The van der Waals surface area contributed by atoms with Crippen LogP contribution >= 0.6 is 0 Å². The summed E-state index contributed by atoms with van der Waals surface area (Å²) in [6.07, 6.45) is 10.9. The molecule has 1 fully saturated rings. The van der Waals surface area contributed by atoms with Crippen molar-refractivity contribution in [3.8, 4) is 0 Å². The number of hydrogen-bond acceptors (Lipinski definition) is 5. The number of aromatic nitrogens is 3. The highest BCUT2D eigenvalue weighted by molar-refractivity contribution is 6.24. The van der Waals surface area contributed by atoms with Gasteiger partial charge < -0.3 is 30.1 Å². The quantitative estimate of drug-likeness (QED) is 0.139. The van der Waals surface area contributed by atoms with Gasteiger partial charge in [-0.1, -0.05) is 39.2 Å². The number of hydrogen-bond donors (Lipinski definition) is 5. The van der Waals surface area contributed by atoms with Gasteiger partial charge in [0, 0.05) is 74.1 Å². The number of aromatic amines is 3. The molecule has 5 heterocycles. The lowest BCUT2D eigenvalue weighted by molar-refractivity contribution is -0.142. The number of carboxylic acid groups (broad SMARTS) is 1. The predicted molar refractivity (Wildman–Crippen MR) is 179 cm³/mol. The fourth-order valence-corrected chi connectivity index (χ4v) is 7.39. The van der Waals surface area contributed by atoms with Crippen molar-refractivity contribution in [3.63, 3.8) is 0 Å². The first-order valence-electron chi connectivity index (χ1n) is 15.8. The average molecular weight is 621 g/mol. The van der Waals surface area contributed by atoms with Crippen molar-refractivity contribution in [1.82, 2.24) is 20.3 Å². The molecule has 9 heteroatoms. The van der Waals surface area contributed by atoms with Crippen LogP contribution in [0, 0.1) is 38.5 Å². The highest BCUT2D eigenvalue weighted by Gasteiger charge is 2.48. The standard InChI is InChI=1S/C37H40N4O5/c1-8-13-46-30(42)12-11-23-19(6)26-14-24-17(4)21(9-2)28(38-24)15-25-18(5)22(10-3)29(39-25)16-27-20(7)31-35(41-27)32(34(23)40-26)33(36(31)43)37(44)45/h8-9,14-16,19,23,33,38-41H,1-2,10-13H2,3-7H3,(H,44,45)/b25-15-,26-14-,29-16-,34-32-/t19-,23-,33+/m0/s1. The molecule has 0 spiro atoms. The van der Waals surface area contributed by atoms with Crippen molar-refractivity contribution < 1.29 is 24.2 Å². The van der Waals surface area contributed by atoms with Crippen molar-refractivity contribution in [2.75, 3.05) is 6.61 Å². The molecule has 238 valence electrons. The third-order valence-electron chi connectivity index (χ3n) is 9.91. The van der Waals surface area contributed by atoms with Crippen LogP contribution in [0.25, 0.3) is 29.9 Å². The van der Waals surface area contributed by atoms with E-state index in [2.05, 4.69) is 60.3 Å². The first-order valence-corrected chi connectivity index (χ1v) is 15.8. The summed E-state index contributed by atoms with van der Waals surface area (Å²) in [6.45, 7) is 18.0. The molecular weight excluding hydrogens is 580 g/mol. The summed E-state index contributed by atoms with van der Waals surface area (Å²) >= 11 is 0. The second-order valence-corrected chi connectivity index (χ2v) is 12.4. The largest absolute Gasteiger partial charge is 0.480 e. The maximum atomic E-state index is 13.9. The third-order valence-corrected chi connectivity index (χ3v) is 9.91. The van der Waals surface area contributed by atoms with Crippen molar-refractivity contribution in [2.45, 2.75) is 53.9 Å². The Morgan fingerprint density at radius 3 is 2.37 bits per heavy atom. The predicted octanol–water partition coefficient (Wildman–Crippen LogP) is 4.79. The molecule has 3 atom stereocenters. The normalized spacial score (nSPS) is 23.9. The van der Waals surface area contributed by atoms with Crippen LogP contribution < -0.4 is 16.0 Å². The zero-order valence-electron chi connectivity index (χ0n) is 26.9. The minimum atomic E-state index is -1.37. The molecule has 0 saturated carbocycles. The minimum Gasteiger partial charge on any atom is -0.480 e. The molecule has 0 amide bonds. The van der Waals surface area contributed by atoms with Crippen LogP contribution in [0.2, 0.25) is 0 Å². The number of aliphatic carboxylic acids is 1. The molecule has 9 nitrogen and oxygen atoms in total. The van der Waals surface area contributed by atoms with Gasteiger partial charge in [-0.05, 0) is 74.1 Å². The number of nitrogens with one attached hydrogen (secondary N) is 4. The maximum absolute atomic E-state index is 13.9. The molecule has 0 unspecified atom stereocenters. The highest BCUT2D eigenvalue weighted by atomic mass is 16.5. The van der Waals surface area contributed by atoms with Gasteiger partial charge >= 0.3 is 11.9 Å². The molecule has 8 bridgehead atoms. The Balaban J connectivity index is 1.67. The van der Waals surface area contributed by atoms with Crippen molar-refractivity contribution in [3.05, 3.63) is 97.5 Å². The number of rotatable bonds is 8. The highest BCUT2D eigenvalue weighted by Crippen LogP contribution is 2.48. The van der Waals surface area contributed by atoms with E-state index in [9.17, 15) is 19.5 Å². The van der Waals surface area contributed by atoms with Gasteiger partial charge in [0.05, 0.1) is 5.69 Å². The van der Waals surface area contributed by atoms with Gasteiger partial charge in [0.2, 0.25) is 0 Å². The van der Waals surface area contributed by atoms with E-state index in [1.54, 1.807) is 0 Å². The van der Waals surface area contributed by atoms with Gasteiger partial charge in [0.1, 0.15) is 12.5 Å². The summed E-state index contributed by atoms with van der Waals surface area (Å²) in [5, 5.41) is 15.9. The monoisotopic (exact) mass is 620 g/mol. The Hall–Kier alpha value is -5.05. The van der Waals surface area contributed by atoms with E-state index in [0.29, 0.717) is 34.5 Å². The summed E-state index contributed by atoms with van der Waals surface area (Å²) in [5.74, 6) is -3.78. The molecule has 1 saturated heterocycles. The van der Waals surface area contributed by atoms with Crippen LogP contribution in [-0.2, 0) is 20.7 Å². The smallest absolute Gasteiger partial charge is 0.319 e. The molecule has 1 aliphatic carbocycles. The number of esters is 1. The van der Waals surface area contributed by atoms with Crippen LogP contribution in [0.1, 0.15) is 87.6 Å². The molecular formula is C37H40N4O5. The van der Waals surface area contributed by atoms with Gasteiger partial charge in [0.25, 0.3) is 0 Å². The van der Waals surface area contributed by atoms with Crippen LogP contribution in [0.3, 0.4) is 0 Å². The molecule has 6 rings (SSSR count). The first kappa shape index (κ1) is 31.0. The number of H-pyrrole nitrogens is 3. The Morgan fingerprint density at radius 1 is 0.978 bits per heavy atom. The lowest BCUT2D eigenvalue weighted by Crippen LogP contribution is -2.24. The zero-order chi connectivity index (χ0) is 33.0. The average Bonchev–Trinajstić information content (AvgIpc) is 3.76. The molecule has 2 aliphatic heterocycles. The van der Waals surface area contributed by atoms with E-state index in [-0.39, 0.29) is 30.8 Å². The van der Waals surface area contributed by atoms with E-state index in [4.69, 9.17) is 4.74 Å². The number of ketones is 1. The Morgan fingerprint density at radius 2 is 1.70 bits per heavy atom. The van der Waals surface area contributed by atoms with Crippen molar-refractivity contribution in [2.24, 2.45) is 17.8 Å². The van der Waals surface area contributed by atoms with Gasteiger partial charge in [-0.15, -0.1) is 0 Å². The minimum absolute atomic E-state index is 0.120. The lowest BCUT2D eigenvalue weighted by Gasteiger charge is -2.19. The van der Waals surface area contributed by atoms with E-state index in [1.165, 1.54) is 6.08 Å². The maximum Gasteiger partial charge on any atom is 0.319 e. The van der Waals surface area contributed by atoms with Crippen LogP contribution in [0.15, 0.2) is 30.6 Å². The Labute approximate surface area is 267 Å². The number of fused-ring (bicyclic) bond motifs is 7. The summed E-state index contributed by atoms with van der Waals surface area (Å²) in [5.41, 5.74) is 10.4. The number of carboxylic acids is 1. The van der Waals surface area contributed by atoms with Crippen molar-refractivity contribution in [1.29, 1.82) is 0 Å². The number of Topliss-reactive ketones (excluding diaryl/α,β-unsaturated/α-hetero) is 1. The van der Waals surface area contributed by atoms with E-state index < -0.39 is 17.7 Å². The zero-order valence-corrected chi connectivity index (χ0v) is 26.9. The van der Waals surface area contributed by atoms with Crippen LogP contribution in [0.4, 0.5) is 0 Å². The fraction of sp³-hybridized carbons (Fsp3) is 0.324. The van der Waals surface area contributed by atoms with E-state index in [0.717, 1.165) is 62.2 Å². The second-order valence-electron chi connectivity index (χ2n) is 12.4. The summed E-state index contributed by atoms with van der Waals surface area (Å²) < 4.78 is 5.26. The molecule has 0 aromatic carbocycles. The second kappa shape index (κ2) is 11.7. The molecule has 3 aromatic rings. The fourth-order valence-electron chi connectivity index (χ4n) is 7.39. The lowest BCUT2D eigenvalue weighted by atomic mass is 9.85. The molecule has 3 aromatic heterocycles. The first-order chi connectivity index (χ1) is 22.0. The van der Waals surface area contributed by atoms with E-state index >= 15 is 0 Å². The summed E-state index contributed by atoms with van der Waals surface area (Å²) in [4.78, 5) is 49.9. The third kappa shape index (κ3) is 4.81. The number of ether oxygens (including phenoxy) is 1. The van der Waals surface area contributed by atoms with Crippen LogP contribution in [-0.4, -0.2) is 44.4 Å². The van der Waals surface area contributed by atoms with Gasteiger partial charge in [-0.25, -0.2) is 0 Å². The topological polar surface area (TPSA) is 140 Å². The van der Waals surface area contributed by atoms with Crippen molar-refractivity contribution >= 4 is 47.6 Å². The number of carbonyl (C=O) groups is 3. The summed E-state index contributed by atoms with van der Waals surface area (Å²) in [7, 11) is 0. The number of carbonyl (C=O) groups excluding carboxylic acids is 2. The van der Waals surface area contributed by atoms with Gasteiger partial charge in [0.15, 0.2) is 5.78 Å². The SMILES string of the molecule is C=CCOC(=O)CC[C@@H]1/C2=C3/c4[nH]c(c(C)c4C(=O)[C@@H]3C(=O)O)/C=c3\[nH]/c(c(C)c3CC)=C\c3[nH]c(c(C)c3C=C)/C=C(\N2)[C@H]1C.